The molecule has 0 bridgehead atoms. The molecule has 2 unspecified atom stereocenters. The highest BCUT2D eigenvalue weighted by molar-refractivity contribution is 4.85. The summed E-state index contributed by atoms with van der Waals surface area (Å²) in [4.78, 5) is 0. The highest BCUT2D eigenvalue weighted by atomic mass is 19.1. The van der Waals surface area contributed by atoms with Crippen molar-refractivity contribution in [3.05, 3.63) is 0 Å². The van der Waals surface area contributed by atoms with Gasteiger partial charge in [0.2, 0.25) is 0 Å². The van der Waals surface area contributed by atoms with Crippen LogP contribution in [-0.2, 0) is 0 Å². The molecule has 66 valence electrons. The van der Waals surface area contributed by atoms with Gasteiger partial charge in [0.15, 0.2) is 0 Å². The predicted octanol–water partition coefficient (Wildman–Crippen LogP) is 3.56. The maximum Gasteiger partial charge on any atom is 0.101 e. The lowest BCUT2D eigenvalue weighted by Crippen LogP contribution is -2.33. The van der Waals surface area contributed by atoms with Crippen LogP contribution in [0.1, 0.15) is 46.5 Å². The highest BCUT2D eigenvalue weighted by Crippen LogP contribution is 2.42. The number of hydrogen-bond acceptors (Lipinski definition) is 0. The summed E-state index contributed by atoms with van der Waals surface area (Å²) in [6.45, 7) is 6.11. The standard InChI is InChI=1S/C10H19F/c1-8(11)9-6-4-5-7-10(9,2)3/h8-9H,4-7H2,1-3H3. The van der Waals surface area contributed by atoms with Crippen LogP contribution < -0.4 is 0 Å². The molecule has 1 rings (SSSR count). The van der Waals surface area contributed by atoms with Crippen molar-refractivity contribution in [2.24, 2.45) is 11.3 Å². The van der Waals surface area contributed by atoms with Crippen molar-refractivity contribution in [1.82, 2.24) is 0 Å². The average molecular weight is 158 g/mol. The highest BCUT2D eigenvalue weighted by Gasteiger charge is 2.35. The molecule has 0 radical (unpaired) electrons. The van der Waals surface area contributed by atoms with Gasteiger partial charge in [-0.1, -0.05) is 26.7 Å². The molecule has 0 aromatic rings. The number of alkyl halides is 1. The van der Waals surface area contributed by atoms with Crippen molar-refractivity contribution in [1.29, 1.82) is 0 Å². The first kappa shape index (κ1) is 9.02. The third-order valence-electron chi connectivity index (χ3n) is 3.14. The van der Waals surface area contributed by atoms with Crippen LogP contribution in [0.25, 0.3) is 0 Å². The van der Waals surface area contributed by atoms with E-state index in [1.807, 2.05) is 0 Å². The second kappa shape index (κ2) is 3.12. The summed E-state index contributed by atoms with van der Waals surface area (Å²) in [5.41, 5.74) is 0.242. The molecule has 11 heavy (non-hydrogen) atoms. The quantitative estimate of drug-likeness (QED) is 0.547. The Balaban J connectivity index is 2.60. The van der Waals surface area contributed by atoms with E-state index in [2.05, 4.69) is 13.8 Å². The van der Waals surface area contributed by atoms with Gasteiger partial charge in [-0.3, -0.25) is 0 Å². The largest absolute Gasteiger partial charge is 0.247 e. The maximum atomic E-state index is 13.1. The first-order valence-corrected chi connectivity index (χ1v) is 4.68. The van der Waals surface area contributed by atoms with Gasteiger partial charge in [0, 0.05) is 0 Å². The third-order valence-corrected chi connectivity index (χ3v) is 3.14. The summed E-state index contributed by atoms with van der Waals surface area (Å²) in [6.07, 6.45) is 4.18. The maximum absolute atomic E-state index is 13.1. The van der Waals surface area contributed by atoms with Crippen LogP contribution in [0.2, 0.25) is 0 Å². The Kier molecular flexibility index (Phi) is 2.56. The summed E-state index contributed by atoms with van der Waals surface area (Å²) in [5.74, 6) is 0.302. The first-order valence-electron chi connectivity index (χ1n) is 4.68. The van der Waals surface area contributed by atoms with Crippen LogP contribution in [0.4, 0.5) is 4.39 Å². The summed E-state index contributed by atoms with van der Waals surface area (Å²) in [5, 5.41) is 0. The van der Waals surface area contributed by atoms with Crippen molar-refractivity contribution in [2.45, 2.75) is 52.6 Å². The Morgan fingerprint density at radius 1 is 1.36 bits per heavy atom. The normalized spacial score (nSPS) is 33.3. The van der Waals surface area contributed by atoms with Crippen molar-refractivity contribution in [2.75, 3.05) is 0 Å². The minimum atomic E-state index is -0.620. The summed E-state index contributed by atoms with van der Waals surface area (Å²) in [6, 6.07) is 0. The van der Waals surface area contributed by atoms with Crippen LogP contribution in [0, 0.1) is 11.3 Å². The molecule has 2 atom stereocenters. The molecule has 0 spiro atoms. The van der Waals surface area contributed by atoms with Gasteiger partial charge in [-0.2, -0.15) is 0 Å². The molecular weight excluding hydrogens is 139 g/mol. The molecule has 0 nitrogen and oxygen atoms in total. The fourth-order valence-electron chi connectivity index (χ4n) is 2.37. The zero-order valence-corrected chi connectivity index (χ0v) is 7.86. The van der Waals surface area contributed by atoms with Gasteiger partial charge in [-0.05, 0) is 31.1 Å². The predicted molar refractivity (Wildman–Crippen MR) is 46.3 cm³/mol. The second-order valence-corrected chi connectivity index (χ2v) is 4.52. The van der Waals surface area contributed by atoms with Gasteiger partial charge in [0.05, 0.1) is 0 Å². The van der Waals surface area contributed by atoms with Crippen LogP contribution >= 0.6 is 0 Å². The SMILES string of the molecule is CC(F)C1CCCCC1(C)C. The number of hydrogen-bond donors (Lipinski definition) is 0. The molecule has 0 aliphatic heterocycles. The van der Waals surface area contributed by atoms with Gasteiger partial charge in [0.1, 0.15) is 6.17 Å². The molecule has 0 saturated heterocycles. The Bertz CT molecular complexity index is 127. The molecule has 0 aromatic carbocycles. The van der Waals surface area contributed by atoms with Gasteiger partial charge in [-0.15, -0.1) is 0 Å². The molecule has 1 fully saturated rings. The lowest BCUT2D eigenvalue weighted by Gasteiger charge is -2.39. The Morgan fingerprint density at radius 3 is 2.36 bits per heavy atom. The van der Waals surface area contributed by atoms with E-state index in [9.17, 15) is 4.39 Å². The molecule has 1 saturated carbocycles. The van der Waals surface area contributed by atoms with Crippen LogP contribution in [-0.4, -0.2) is 6.17 Å². The van der Waals surface area contributed by atoms with E-state index in [-0.39, 0.29) is 5.41 Å². The minimum absolute atomic E-state index is 0.242. The monoisotopic (exact) mass is 158 g/mol. The van der Waals surface area contributed by atoms with Crippen LogP contribution in [0.5, 0.6) is 0 Å². The van der Waals surface area contributed by atoms with E-state index in [0.717, 1.165) is 6.42 Å². The lowest BCUT2D eigenvalue weighted by molar-refractivity contribution is 0.0657. The van der Waals surface area contributed by atoms with E-state index < -0.39 is 6.17 Å². The third kappa shape index (κ3) is 1.94. The zero-order valence-electron chi connectivity index (χ0n) is 7.86. The fraction of sp³-hybridized carbons (Fsp3) is 1.00. The van der Waals surface area contributed by atoms with Crippen LogP contribution in [0.3, 0.4) is 0 Å². The molecule has 0 heterocycles. The van der Waals surface area contributed by atoms with Crippen molar-refractivity contribution < 1.29 is 4.39 Å². The fourth-order valence-corrected chi connectivity index (χ4v) is 2.37. The summed E-state index contributed by atoms with van der Waals surface area (Å²) >= 11 is 0. The Labute approximate surface area is 69.2 Å². The van der Waals surface area contributed by atoms with E-state index in [4.69, 9.17) is 0 Å². The summed E-state index contributed by atoms with van der Waals surface area (Å²) in [7, 11) is 0. The second-order valence-electron chi connectivity index (χ2n) is 4.52. The topological polar surface area (TPSA) is 0 Å². The summed E-state index contributed by atoms with van der Waals surface area (Å²) < 4.78 is 13.1. The van der Waals surface area contributed by atoms with E-state index in [0.29, 0.717) is 5.92 Å². The van der Waals surface area contributed by atoms with Gasteiger partial charge >= 0.3 is 0 Å². The molecule has 1 aliphatic rings. The molecular formula is C10H19F. The Morgan fingerprint density at radius 2 is 2.00 bits per heavy atom. The van der Waals surface area contributed by atoms with E-state index >= 15 is 0 Å². The van der Waals surface area contributed by atoms with Gasteiger partial charge < -0.3 is 0 Å². The zero-order chi connectivity index (χ0) is 8.48. The number of rotatable bonds is 1. The van der Waals surface area contributed by atoms with E-state index in [1.165, 1.54) is 19.3 Å². The number of halogens is 1. The van der Waals surface area contributed by atoms with Crippen molar-refractivity contribution in [3.63, 3.8) is 0 Å². The molecule has 0 amide bonds. The molecule has 0 aromatic heterocycles. The first-order chi connectivity index (χ1) is 5.04. The minimum Gasteiger partial charge on any atom is -0.247 e. The van der Waals surface area contributed by atoms with Crippen LogP contribution in [0.15, 0.2) is 0 Å². The average Bonchev–Trinajstić information content (AvgIpc) is 1.85. The van der Waals surface area contributed by atoms with Gasteiger partial charge in [0.25, 0.3) is 0 Å². The Hall–Kier alpha value is -0.0700. The van der Waals surface area contributed by atoms with E-state index in [1.54, 1.807) is 6.92 Å². The smallest absolute Gasteiger partial charge is 0.101 e. The van der Waals surface area contributed by atoms with Crippen molar-refractivity contribution >= 4 is 0 Å². The van der Waals surface area contributed by atoms with Gasteiger partial charge in [-0.25, -0.2) is 4.39 Å². The molecule has 0 N–H and O–H groups in total. The van der Waals surface area contributed by atoms with Crippen molar-refractivity contribution in [3.8, 4) is 0 Å². The lowest BCUT2D eigenvalue weighted by atomic mass is 9.67. The molecule has 1 heteroatoms. The molecule has 1 aliphatic carbocycles.